The van der Waals surface area contributed by atoms with E-state index in [1.54, 1.807) is 7.11 Å². The van der Waals surface area contributed by atoms with Gasteiger partial charge in [0, 0.05) is 7.11 Å². The number of ether oxygens (including phenoxy) is 2. The molecule has 1 aliphatic carbocycles. The van der Waals surface area contributed by atoms with Gasteiger partial charge in [-0.2, -0.15) is 0 Å². The number of aliphatic hydroxyl groups excluding tert-OH is 1. The summed E-state index contributed by atoms with van der Waals surface area (Å²) in [7, 11) is 1.62. The summed E-state index contributed by atoms with van der Waals surface area (Å²) in [6, 6.07) is 0. The lowest BCUT2D eigenvalue weighted by Gasteiger charge is -2.32. The fourth-order valence-corrected chi connectivity index (χ4v) is 2.33. The molecule has 0 bridgehead atoms. The Labute approximate surface area is 105 Å². The van der Waals surface area contributed by atoms with E-state index in [2.05, 4.69) is 6.92 Å². The van der Waals surface area contributed by atoms with Crippen molar-refractivity contribution < 1.29 is 14.6 Å². The van der Waals surface area contributed by atoms with Crippen molar-refractivity contribution in [2.75, 3.05) is 13.7 Å². The molecule has 1 N–H and O–H groups in total. The van der Waals surface area contributed by atoms with Crippen LogP contribution in [0.5, 0.6) is 0 Å². The molecular formula is C14H28O3. The van der Waals surface area contributed by atoms with Crippen molar-refractivity contribution in [2.24, 2.45) is 5.92 Å². The number of hydrogen-bond acceptors (Lipinski definition) is 3. The minimum Gasteiger partial charge on any atom is -0.388 e. The van der Waals surface area contributed by atoms with E-state index in [9.17, 15) is 5.11 Å². The summed E-state index contributed by atoms with van der Waals surface area (Å²) < 4.78 is 11.1. The van der Waals surface area contributed by atoms with Crippen molar-refractivity contribution in [3.63, 3.8) is 0 Å². The minimum atomic E-state index is -0.561. The molecule has 1 fully saturated rings. The van der Waals surface area contributed by atoms with Gasteiger partial charge < -0.3 is 14.6 Å². The Hall–Kier alpha value is -0.120. The predicted octanol–water partition coefficient (Wildman–Crippen LogP) is 2.76. The van der Waals surface area contributed by atoms with E-state index in [0.717, 1.165) is 18.8 Å². The quantitative estimate of drug-likeness (QED) is 0.781. The van der Waals surface area contributed by atoms with Gasteiger partial charge in [-0.15, -0.1) is 0 Å². The van der Waals surface area contributed by atoms with Crippen LogP contribution in [-0.4, -0.2) is 36.6 Å². The molecule has 0 aromatic carbocycles. The van der Waals surface area contributed by atoms with E-state index in [1.807, 2.05) is 13.8 Å². The standard InChI is InChI=1S/C14H28O3/c1-5-11-7-6-8-12(9-11)17-10-13(15)14(2,3)16-4/h11-13,15H,5-10H2,1-4H3. The largest absolute Gasteiger partial charge is 0.388 e. The van der Waals surface area contributed by atoms with Crippen LogP contribution in [0.1, 0.15) is 52.9 Å². The summed E-state index contributed by atoms with van der Waals surface area (Å²) in [6.07, 6.45) is 5.89. The molecule has 0 aromatic rings. The van der Waals surface area contributed by atoms with Crippen molar-refractivity contribution in [2.45, 2.75) is 70.7 Å². The van der Waals surface area contributed by atoms with Crippen LogP contribution in [0.4, 0.5) is 0 Å². The minimum absolute atomic E-state index is 0.330. The maximum absolute atomic E-state index is 9.98. The van der Waals surface area contributed by atoms with Crippen LogP contribution in [0, 0.1) is 5.92 Å². The third kappa shape index (κ3) is 4.57. The van der Waals surface area contributed by atoms with E-state index < -0.39 is 11.7 Å². The van der Waals surface area contributed by atoms with Crippen LogP contribution in [0.25, 0.3) is 0 Å². The molecule has 0 aliphatic heterocycles. The molecule has 0 saturated heterocycles. The van der Waals surface area contributed by atoms with E-state index in [0.29, 0.717) is 12.7 Å². The Morgan fingerprint density at radius 2 is 2.06 bits per heavy atom. The predicted molar refractivity (Wildman–Crippen MR) is 69.1 cm³/mol. The van der Waals surface area contributed by atoms with Crippen molar-refractivity contribution in [1.82, 2.24) is 0 Å². The number of rotatable bonds is 6. The maximum atomic E-state index is 9.98. The van der Waals surface area contributed by atoms with Gasteiger partial charge in [0.2, 0.25) is 0 Å². The third-order valence-electron chi connectivity index (χ3n) is 4.13. The lowest BCUT2D eigenvalue weighted by Crippen LogP contribution is -2.42. The SMILES string of the molecule is CCC1CCCC(OCC(O)C(C)(C)OC)C1. The van der Waals surface area contributed by atoms with E-state index >= 15 is 0 Å². The molecule has 3 unspecified atom stereocenters. The highest BCUT2D eigenvalue weighted by Gasteiger charge is 2.29. The first-order chi connectivity index (χ1) is 7.99. The molecule has 0 aromatic heterocycles. The summed E-state index contributed by atoms with van der Waals surface area (Å²) in [6.45, 7) is 6.39. The number of aliphatic hydroxyl groups is 1. The number of hydrogen-bond donors (Lipinski definition) is 1. The molecule has 0 radical (unpaired) electrons. The lowest BCUT2D eigenvalue weighted by atomic mass is 9.85. The normalized spacial score (nSPS) is 28.1. The van der Waals surface area contributed by atoms with Gasteiger partial charge in [-0.3, -0.25) is 0 Å². The van der Waals surface area contributed by atoms with Crippen molar-refractivity contribution in [3.8, 4) is 0 Å². The Balaban J connectivity index is 2.30. The molecule has 0 spiro atoms. The van der Waals surface area contributed by atoms with Crippen molar-refractivity contribution >= 4 is 0 Å². The third-order valence-corrected chi connectivity index (χ3v) is 4.13. The first kappa shape index (κ1) is 14.9. The van der Waals surface area contributed by atoms with E-state index in [1.165, 1.54) is 19.3 Å². The average Bonchev–Trinajstić information content (AvgIpc) is 2.36. The van der Waals surface area contributed by atoms with Crippen LogP contribution < -0.4 is 0 Å². The second-order valence-corrected chi connectivity index (χ2v) is 5.72. The van der Waals surface area contributed by atoms with Crippen LogP contribution in [-0.2, 0) is 9.47 Å². The molecular weight excluding hydrogens is 216 g/mol. The zero-order valence-electron chi connectivity index (χ0n) is 11.7. The smallest absolute Gasteiger partial charge is 0.106 e. The molecule has 3 nitrogen and oxygen atoms in total. The van der Waals surface area contributed by atoms with E-state index in [4.69, 9.17) is 9.47 Å². The number of methoxy groups -OCH3 is 1. The zero-order chi connectivity index (χ0) is 12.9. The summed E-state index contributed by atoms with van der Waals surface area (Å²) in [5, 5.41) is 9.98. The molecule has 0 heterocycles. The van der Waals surface area contributed by atoms with Gasteiger partial charge in [0.1, 0.15) is 6.10 Å². The molecule has 1 aliphatic rings. The van der Waals surface area contributed by atoms with Gasteiger partial charge in [-0.1, -0.05) is 26.2 Å². The van der Waals surface area contributed by atoms with Crippen LogP contribution in [0.15, 0.2) is 0 Å². The zero-order valence-corrected chi connectivity index (χ0v) is 11.7. The van der Waals surface area contributed by atoms with Gasteiger partial charge in [-0.25, -0.2) is 0 Å². The molecule has 17 heavy (non-hydrogen) atoms. The van der Waals surface area contributed by atoms with Crippen LogP contribution in [0.3, 0.4) is 0 Å². The highest BCUT2D eigenvalue weighted by molar-refractivity contribution is 4.79. The molecule has 0 amide bonds. The Morgan fingerprint density at radius 1 is 1.35 bits per heavy atom. The van der Waals surface area contributed by atoms with Crippen LogP contribution >= 0.6 is 0 Å². The fourth-order valence-electron chi connectivity index (χ4n) is 2.33. The summed E-state index contributed by atoms with van der Waals surface area (Å²) in [5.74, 6) is 0.807. The van der Waals surface area contributed by atoms with Crippen molar-refractivity contribution in [3.05, 3.63) is 0 Å². The molecule has 3 atom stereocenters. The second kappa shape index (κ2) is 6.72. The van der Waals surface area contributed by atoms with Crippen LogP contribution in [0.2, 0.25) is 0 Å². The summed E-state index contributed by atoms with van der Waals surface area (Å²) in [4.78, 5) is 0. The highest BCUT2D eigenvalue weighted by Crippen LogP contribution is 2.28. The fraction of sp³-hybridized carbons (Fsp3) is 1.00. The van der Waals surface area contributed by atoms with Gasteiger partial charge in [0.15, 0.2) is 0 Å². The maximum Gasteiger partial charge on any atom is 0.106 e. The summed E-state index contributed by atoms with van der Waals surface area (Å²) >= 11 is 0. The highest BCUT2D eigenvalue weighted by atomic mass is 16.5. The van der Waals surface area contributed by atoms with Gasteiger partial charge in [0.05, 0.1) is 18.3 Å². The second-order valence-electron chi connectivity index (χ2n) is 5.72. The van der Waals surface area contributed by atoms with E-state index in [-0.39, 0.29) is 0 Å². The topological polar surface area (TPSA) is 38.7 Å². The van der Waals surface area contributed by atoms with Crippen molar-refractivity contribution in [1.29, 1.82) is 0 Å². The molecule has 1 saturated carbocycles. The van der Waals surface area contributed by atoms with Gasteiger partial charge >= 0.3 is 0 Å². The molecule has 1 rings (SSSR count). The summed E-state index contributed by atoms with van der Waals surface area (Å²) in [5.41, 5.74) is -0.529. The Bertz CT molecular complexity index is 216. The monoisotopic (exact) mass is 244 g/mol. The first-order valence-electron chi connectivity index (χ1n) is 6.84. The molecule has 102 valence electrons. The van der Waals surface area contributed by atoms with Gasteiger partial charge in [0.25, 0.3) is 0 Å². The molecule has 3 heteroatoms. The average molecular weight is 244 g/mol. The van der Waals surface area contributed by atoms with Gasteiger partial charge in [-0.05, 0) is 32.6 Å². The Kier molecular flexibility index (Phi) is 5.90. The Morgan fingerprint density at radius 3 is 2.65 bits per heavy atom. The lowest BCUT2D eigenvalue weighted by molar-refractivity contribution is -0.122. The first-order valence-corrected chi connectivity index (χ1v) is 6.84.